The number of aromatic nitrogens is 4. The second-order valence-electron chi connectivity index (χ2n) is 6.56. The van der Waals surface area contributed by atoms with Crippen LogP contribution in [0.3, 0.4) is 0 Å². The van der Waals surface area contributed by atoms with Crippen LogP contribution in [0.5, 0.6) is 11.5 Å². The Bertz CT molecular complexity index is 949. The Hall–Kier alpha value is -2.94. The first kappa shape index (κ1) is 18.4. The van der Waals surface area contributed by atoms with E-state index in [9.17, 15) is 4.39 Å². The second kappa shape index (κ2) is 7.97. The molecule has 8 nitrogen and oxygen atoms in total. The third-order valence-corrected chi connectivity index (χ3v) is 4.73. The van der Waals surface area contributed by atoms with Crippen LogP contribution in [-0.4, -0.2) is 40.3 Å². The van der Waals surface area contributed by atoms with E-state index in [1.807, 2.05) is 12.1 Å². The topological polar surface area (TPSA) is 83.3 Å². The van der Waals surface area contributed by atoms with Gasteiger partial charge in [-0.25, -0.2) is 4.98 Å². The number of fused-ring (bicyclic) bond motifs is 1. The molecule has 9 heteroatoms. The lowest BCUT2D eigenvalue weighted by molar-refractivity contribution is -0.0298. The summed E-state index contributed by atoms with van der Waals surface area (Å²) in [7, 11) is 3.19. The Labute approximate surface area is 161 Å². The van der Waals surface area contributed by atoms with E-state index in [1.165, 1.54) is 0 Å². The van der Waals surface area contributed by atoms with Crippen LogP contribution in [0.25, 0.3) is 11.2 Å². The van der Waals surface area contributed by atoms with E-state index in [2.05, 4.69) is 20.3 Å². The number of hydrogen-bond acceptors (Lipinski definition) is 7. The van der Waals surface area contributed by atoms with Gasteiger partial charge in [0.15, 0.2) is 17.0 Å². The predicted molar refractivity (Wildman–Crippen MR) is 101 cm³/mol. The first-order valence-electron chi connectivity index (χ1n) is 9.15. The van der Waals surface area contributed by atoms with Crippen molar-refractivity contribution < 1.29 is 18.6 Å². The van der Waals surface area contributed by atoms with Crippen molar-refractivity contribution in [2.75, 3.05) is 26.1 Å². The molecular weight excluding hydrogens is 365 g/mol. The van der Waals surface area contributed by atoms with E-state index in [4.69, 9.17) is 14.2 Å². The lowest BCUT2D eigenvalue weighted by atomic mass is 10.2. The van der Waals surface area contributed by atoms with Crippen LogP contribution in [0, 0.1) is 6.08 Å². The Morgan fingerprint density at radius 3 is 2.64 bits per heavy atom. The van der Waals surface area contributed by atoms with Gasteiger partial charge in [-0.1, -0.05) is 0 Å². The molecule has 1 saturated heterocycles. The minimum Gasteiger partial charge on any atom is -0.497 e. The molecule has 1 aliphatic heterocycles. The molecule has 1 unspecified atom stereocenters. The predicted octanol–water partition coefficient (Wildman–Crippen LogP) is 3.29. The van der Waals surface area contributed by atoms with Crippen molar-refractivity contribution in [3.63, 3.8) is 0 Å². The van der Waals surface area contributed by atoms with E-state index in [1.54, 1.807) is 31.2 Å². The van der Waals surface area contributed by atoms with Gasteiger partial charge in [-0.15, -0.1) is 0 Å². The molecule has 1 N–H and O–H groups in total. The number of nitrogens with one attached hydrogen (secondary N) is 1. The molecule has 0 bridgehead atoms. The Morgan fingerprint density at radius 2 is 1.96 bits per heavy atom. The molecule has 0 spiro atoms. The maximum absolute atomic E-state index is 14.1. The number of rotatable bonds is 6. The minimum atomic E-state index is -0.809. The number of imidazole rings is 1. The van der Waals surface area contributed by atoms with Gasteiger partial charge < -0.3 is 19.5 Å². The largest absolute Gasteiger partial charge is 0.497 e. The molecule has 4 rings (SSSR count). The van der Waals surface area contributed by atoms with Crippen LogP contribution in [0.4, 0.5) is 10.2 Å². The summed E-state index contributed by atoms with van der Waals surface area (Å²) in [6.45, 7) is 1.08. The molecule has 28 heavy (non-hydrogen) atoms. The molecule has 148 valence electrons. The number of nitrogens with zero attached hydrogens (tertiary/aromatic N) is 4. The Balaban J connectivity index is 1.61. The molecule has 1 aromatic carbocycles. The van der Waals surface area contributed by atoms with Gasteiger partial charge in [0.05, 0.1) is 20.5 Å². The molecule has 0 amide bonds. The molecule has 1 aliphatic rings. The quantitative estimate of drug-likeness (QED) is 0.650. The van der Waals surface area contributed by atoms with Crippen molar-refractivity contribution in [3.8, 4) is 11.5 Å². The maximum atomic E-state index is 14.1. The summed E-state index contributed by atoms with van der Waals surface area (Å²) < 4.78 is 32.2. The van der Waals surface area contributed by atoms with Gasteiger partial charge in [-0.3, -0.25) is 4.57 Å². The molecule has 3 aromatic rings. The van der Waals surface area contributed by atoms with E-state index >= 15 is 0 Å². The zero-order chi connectivity index (χ0) is 19.5. The Kier molecular flexibility index (Phi) is 5.25. The number of ether oxygens (including phenoxy) is 3. The second-order valence-corrected chi connectivity index (χ2v) is 6.56. The van der Waals surface area contributed by atoms with Gasteiger partial charge in [-0.2, -0.15) is 14.4 Å². The van der Waals surface area contributed by atoms with Crippen LogP contribution in [-0.2, 0) is 11.3 Å². The average Bonchev–Trinajstić information content (AvgIpc) is 3.16. The van der Waals surface area contributed by atoms with Crippen molar-refractivity contribution in [2.45, 2.75) is 32.0 Å². The molecule has 1 fully saturated rings. The van der Waals surface area contributed by atoms with Gasteiger partial charge in [0.2, 0.25) is 0 Å². The minimum absolute atomic E-state index is 0.177. The van der Waals surface area contributed by atoms with E-state index in [0.29, 0.717) is 41.6 Å². The highest BCUT2D eigenvalue weighted by atomic mass is 19.1. The summed E-state index contributed by atoms with van der Waals surface area (Å²) in [6.07, 6.45) is 3.58. The fraction of sp³-hybridized carbons (Fsp3) is 0.421. The zero-order valence-corrected chi connectivity index (χ0v) is 15.8. The van der Waals surface area contributed by atoms with E-state index in [-0.39, 0.29) is 6.23 Å². The molecule has 0 radical (unpaired) electrons. The number of hydrogen-bond donors (Lipinski definition) is 1. The molecule has 0 saturated carbocycles. The van der Waals surface area contributed by atoms with Crippen molar-refractivity contribution >= 4 is 17.0 Å². The van der Waals surface area contributed by atoms with E-state index < -0.39 is 6.08 Å². The summed E-state index contributed by atoms with van der Waals surface area (Å²) in [5.41, 5.74) is 1.83. The Morgan fingerprint density at radius 1 is 1.18 bits per heavy atom. The van der Waals surface area contributed by atoms with Crippen LogP contribution >= 0.6 is 0 Å². The summed E-state index contributed by atoms with van der Waals surface area (Å²) in [6, 6.07) is 5.54. The number of methoxy groups -OCH3 is 2. The van der Waals surface area contributed by atoms with Gasteiger partial charge in [0.1, 0.15) is 17.7 Å². The fourth-order valence-electron chi connectivity index (χ4n) is 3.32. The molecule has 3 heterocycles. The monoisotopic (exact) mass is 387 g/mol. The van der Waals surface area contributed by atoms with Crippen molar-refractivity contribution in [2.24, 2.45) is 0 Å². The standard InChI is InChI=1S/C19H22FN5O3/c1-26-13-7-12(8-14(9-13)27-2)10-21-17-16-18(24-19(20)23-17)25(11-22-16)15-5-3-4-6-28-15/h7-9,11,15H,3-6,10H2,1-2H3,(H,21,23,24). The molecule has 0 aliphatic carbocycles. The van der Waals surface area contributed by atoms with Gasteiger partial charge in [0, 0.05) is 19.2 Å². The number of anilines is 1. The van der Waals surface area contributed by atoms with Crippen molar-refractivity contribution in [1.82, 2.24) is 19.5 Å². The van der Waals surface area contributed by atoms with E-state index in [0.717, 1.165) is 24.8 Å². The molecule has 2 aromatic heterocycles. The first-order chi connectivity index (χ1) is 13.7. The number of halogens is 1. The lowest BCUT2D eigenvalue weighted by Gasteiger charge is -2.23. The lowest BCUT2D eigenvalue weighted by Crippen LogP contribution is -2.18. The summed E-state index contributed by atoms with van der Waals surface area (Å²) >= 11 is 0. The SMILES string of the molecule is COc1cc(CNc2nc(F)nc3c2ncn3C2CCCCO2)cc(OC)c1. The summed E-state index contributed by atoms with van der Waals surface area (Å²) in [5, 5.41) is 3.14. The van der Waals surface area contributed by atoms with Crippen LogP contribution in [0.15, 0.2) is 24.5 Å². The van der Waals surface area contributed by atoms with Gasteiger partial charge in [0.25, 0.3) is 0 Å². The smallest absolute Gasteiger partial charge is 0.312 e. The third-order valence-electron chi connectivity index (χ3n) is 4.73. The fourth-order valence-corrected chi connectivity index (χ4v) is 3.32. The van der Waals surface area contributed by atoms with Gasteiger partial charge in [-0.05, 0) is 37.0 Å². The molecular formula is C19H22FN5O3. The highest BCUT2D eigenvalue weighted by molar-refractivity contribution is 5.82. The van der Waals surface area contributed by atoms with Gasteiger partial charge >= 0.3 is 6.08 Å². The number of benzene rings is 1. The summed E-state index contributed by atoms with van der Waals surface area (Å²) in [5.74, 6) is 1.68. The van der Waals surface area contributed by atoms with Crippen LogP contribution in [0.2, 0.25) is 0 Å². The molecule has 1 atom stereocenters. The maximum Gasteiger partial charge on any atom is 0.312 e. The van der Waals surface area contributed by atoms with Crippen molar-refractivity contribution in [1.29, 1.82) is 0 Å². The highest BCUT2D eigenvalue weighted by Gasteiger charge is 2.21. The van der Waals surface area contributed by atoms with Crippen LogP contribution < -0.4 is 14.8 Å². The van der Waals surface area contributed by atoms with Crippen LogP contribution in [0.1, 0.15) is 31.1 Å². The highest BCUT2D eigenvalue weighted by Crippen LogP contribution is 2.28. The average molecular weight is 387 g/mol. The first-order valence-corrected chi connectivity index (χ1v) is 9.15. The summed E-state index contributed by atoms with van der Waals surface area (Å²) in [4.78, 5) is 12.2. The van der Waals surface area contributed by atoms with Crippen molar-refractivity contribution in [3.05, 3.63) is 36.2 Å². The normalized spacial score (nSPS) is 16.9. The third kappa shape index (κ3) is 3.70. The zero-order valence-electron chi connectivity index (χ0n) is 15.8.